The van der Waals surface area contributed by atoms with Crippen LogP contribution in [0.1, 0.15) is 0 Å². The van der Waals surface area contributed by atoms with E-state index in [9.17, 15) is 5.11 Å². The van der Waals surface area contributed by atoms with Crippen LogP contribution in [0.15, 0.2) is 22.4 Å². The van der Waals surface area contributed by atoms with E-state index in [1.165, 1.54) is 17.4 Å². The number of benzene rings is 1. The summed E-state index contributed by atoms with van der Waals surface area (Å²) in [5.74, 6) is -0.139. The van der Waals surface area contributed by atoms with E-state index in [-0.39, 0.29) is 11.2 Å². The lowest BCUT2D eigenvalue weighted by molar-refractivity contribution is 0.418. The minimum Gasteiger partial charge on any atom is -0.508 e. The van der Waals surface area contributed by atoms with Crippen LogP contribution in [-0.4, -0.2) is 22.3 Å². The van der Waals surface area contributed by atoms with Crippen molar-refractivity contribution >= 4 is 46.6 Å². The summed E-state index contributed by atoms with van der Waals surface area (Å²) >= 11 is 5.63. The van der Waals surface area contributed by atoms with E-state index in [0.717, 1.165) is 10.1 Å². The molecule has 0 aliphatic heterocycles. The smallest absolute Gasteiger partial charge is 0.493 e. The highest BCUT2D eigenvalue weighted by Crippen LogP contribution is 2.29. The van der Waals surface area contributed by atoms with Crippen molar-refractivity contribution in [2.24, 2.45) is 0 Å². The number of thiophene rings is 1. The fraction of sp³-hybridized carbons (Fsp3) is 0. The van der Waals surface area contributed by atoms with Crippen LogP contribution < -0.4 is 5.46 Å². The second kappa shape index (κ2) is 3.47. The molecule has 2 rings (SSSR count). The van der Waals surface area contributed by atoms with Gasteiger partial charge in [-0.1, -0.05) is 0 Å². The van der Waals surface area contributed by atoms with Crippen molar-refractivity contribution in [2.45, 2.75) is 4.90 Å². The van der Waals surface area contributed by atoms with Gasteiger partial charge in [0.15, 0.2) is 0 Å². The molecule has 1 aromatic heterocycles. The number of hydrogen-bond acceptors (Lipinski definition) is 5. The average Bonchev–Trinajstić information content (AvgIpc) is 2.50. The maximum atomic E-state index is 9.52. The van der Waals surface area contributed by atoms with Crippen molar-refractivity contribution in [3.05, 3.63) is 17.5 Å². The number of phenols is 1. The molecule has 0 bridgehead atoms. The topological polar surface area (TPSA) is 60.7 Å². The van der Waals surface area contributed by atoms with Crippen molar-refractivity contribution in [1.29, 1.82) is 0 Å². The molecule has 0 saturated heterocycles. The number of fused-ring (bicyclic) bond motifs is 1. The molecule has 0 fully saturated rings. The van der Waals surface area contributed by atoms with Gasteiger partial charge in [0.05, 0.1) is 0 Å². The van der Waals surface area contributed by atoms with E-state index in [2.05, 4.69) is 12.6 Å². The van der Waals surface area contributed by atoms with E-state index >= 15 is 0 Å². The van der Waals surface area contributed by atoms with Gasteiger partial charge in [0.2, 0.25) is 0 Å². The van der Waals surface area contributed by atoms with Gasteiger partial charge in [-0.2, -0.15) is 0 Å². The van der Waals surface area contributed by atoms with Crippen LogP contribution in [0.3, 0.4) is 0 Å². The lowest BCUT2D eigenvalue weighted by Gasteiger charge is -2.07. The summed E-state index contributed by atoms with van der Waals surface area (Å²) < 4.78 is 0.872. The minimum absolute atomic E-state index is 0.0548. The van der Waals surface area contributed by atoms with Gasteiger partial charge < -0.3 is 15.2 Å². The molecule has 0 aliphatic rings. The molecular formula is C8H7BO3S2. The van der Waals surface area contributed by atoms with Gasteiger partial charge in [0.25, 0.3) is 0 Å². The van der Waals surface area contributed by atoms with Crippen LogP contribution >= 0.6 is 24.0 Å². The molecule has 72 valence electrons. The Kier molecular flexibility index (Phi) is 2.44. The average molecular weight is 226 g/mol. The molecular weight excluding hydrogens is 219 g/mol. The second-order valence-electron chi connectivity index (χ2n) is 2.86. The zero-order chi connectivity index (χ0) is 10.3. The molecule has 1 aromatic carbocycles. The highest BCUT2D eigenvalue weighted by molar-refractivity contribution is 7.80. The SMILES string of the molecule is OB(O)c1c(O)cc2sccc2c1S. The summed E-state index contributed by atoms with van der Waals surface area (Å²) in [6, 6.07) is 3.34. The summed E-state index contributed by atoms with van der Waals surface area (Å²) in [7, 11) is -1.70. The van der Waals surface area contributed by atoms with Gasteiger partial charge >= 0.3 is 7.12 Å². The fourth-order valence-corrected chi connectivity index (χ4v) is 2.68. The Morgan fingerprint density at radius 2 is 2.07 bits per heavy atom. The molecule has 0 amide bonds. The molecule has 2 aromatic rings. The van der Waals surface area contributed by atoms with Crippen LogP contribution in [0, 0.1) is 0 Å². The van der Waals surface area contributed by atoms with Gasteiger partial charge in [0, 0.05) is 20.4 Å². The number of phenolic OH excluding ortho intramolecular Hbond substituents is 1. The molecule has 0 spiro atoms. The number of hydrogen-bond donors (Lipinski definition) is 4. The summed E-state index contributed by atoms with van der Waals surface area (Å²) in [6.07, 6.45) is 0. The molecule has 0 aliphatic carbocycles. The van der Waals surface area contributed by atoms with Crippen molar-refractivity contribution < 1.29 is 15.2 Å². The molecule has 3 N–H and O–H groups in total. The lowest BCUT2D eigenvalue weighted by atomic mass is 9.79. The molecule has 0 radical (unpaired) electrons. The first-order chi connectivity index (χ1) is 6.61. The Morgan fingerprint density at radius 1 is 1.36 bits per heavy atom. The molecule has 0 unspecified atom stereocenters. The molecule has 0 atom stereocenters. The Hall–Kier alpha value is -0.685. The van der Waals surface area contributed by atoms with Crippen molar-refractivity contribution in [2.75, 3.05) is 0 Å². The van der Waals surface area contributed by atoms with Crippen LogP contribution in [0.25, 0.3) is 10.1 Å². The normalized spacial score (nSPS) is 10.8. The number of aromatic hydroxyl groups is 1. The third-order valence-corrected chi connectivity index (χ3v) is 3.35. The maximum Gasteiger partial charge on any atom is 0.493 e. The zero-order valence-corrected chi connectivity index (χ0v) is 8.72. The zero-order valence-electron chi connectivity index (χ0n) is 7.01. The Morgan fingerprint density at radius 3 is 2.71 bits per heavy atom. The third-order valence-electron chi connectivity index (χ3n) is 2.01. The van der Waals surface area contributed by atoms with E-state index < -0.39 is 7.12 Å². The van der Waals surface area contributed by atoms with Gasteiger partial charge in [-0.05, 0) is 17.5 Å². The Balaban J connectivity index is 2.82. The standard InChI is InChI=1S/C8H7BO3S2/c10-5-3-6-4(1-2-14-6)8(13)7(5)9(11)12/h1-3,10-13H. The fourth-order valence-electron chi connectivity index (χ4n) is 1.35. The molecule has 1 heterocycles. The van der Waals surface area contributed by atoms with Crippen molar-refractivity contribution in [3.63, 3.8) is 0 Å². The van der Waals surface area contributed by atoms with Crippen molar-refractivity contribution in [1.82, 2.24) is 0 Å². The molecule has 14 heavy (non-hydrogen) atoms. The minimum atomic E-state index is -1.70. The maximum absolute atomic E-state index is 9.52. The summed E-state index contributed by atoms with van der Waals surface area (Å²) in [5, 5.41) is 30.3. The summed E-state index contributed by atoms with van der Waals surface area (Å²) in [5.41, 5.74) is 0.0548. The van der Waals surface area contributed by atoms with Gasteiger partial charge in [0.1, 0.15) is 5.75 Å². The van der Waals surface area contributed by atoms with E-state index in [1.54, 1.807) is 0 Å². The highest BCUT2D eigenvalue weighted by Gasteiger charge is 2.21. The summed E-state index contributed by atoms with van der Waals surface area (Å²) in [4.78, 5) is 0.413. The number of rotatable bonds is 1. The van der Waals surface area contributed by atoms with Crippen LogP contribution in [0.5, 0.6) is 5.75 Å². The predicted octanol–water partition coefficient (Wildman–Crippen LogP) is 0.575. The first-order valence-corrected chi connectivity index (χ1v) is 5.22. The van der Waals surface area contributed by atoms with Gasteiger partial charge in [-0.3, -0.25) is 0 Å². The molecule has 0 saturated carbocycles. The predicted molar refractivity (Wildman–Crippen MR) is 60.6 cm³/mol. The van der Waals surface area contributed by atoms with E-state index in [4.69, 9.17) is 10.0 Å². The van der Waals surface area contributed by atoms with E-state index in [0.29, 0.717) is 4.90 Å². The largest absolute Gasteiger partial charge is 0.508 e. The quantitative estimate of drug-likeness (QED) is 0.425. The van der Waals surface area contributed by atoms with Crippen molar-refractivity contribution in [3.8, 4) is 5.75 Å². The third kappa shape index (κ3) is 1.40. The van der Waals surface area contributed by atoms with Crippen LogP contribution in [0.2, 0.25) is 0 Å². The first-order valence-electron chi connectivity index (χ1n) is 3.89. The van der Waals surface area contributed by atoms with Gasteiger partial charge in [-0.15, -0.1) is 24.0 Å². The van der Waals surface area contributed by atoms with Crippen LogP contribution in [0.4, 0.5) is 0 Å². The molecule has 3 nitrogen and oxygen atoms in total. The number of thiol groups is 1. The van der Waals surface area contributed by atoms with Crippen LogP contribution in [-0.2, 0) is 0 Å². The Labute approximate surface area is 90.2 Å². The Bertz CT molecular complexity index is 481. The van der Waals surface area contributed by atoms with Gasteiger partial charge in [-0.25, -0.2) is 0 Å². The molecule has 6 heteroatoms. The second-order valence-corrected chi connectivity index (χ2v) is 4.26. The lowest BCUT2D eigenvalue weighted by Crippen LogP contribution is -2.31. The highest BCUT2D eigenvalue weighted by atomic mass is 32.1. The monoisotopic (exact) mass is 226 g/mol. The first kappa shape index (κ1) is 9.85. The van der Waals surface area contributed by atoms with E-state index in [1.807, 2.05) is 11.4 Å². The summed E-state index contributed by atoms with van der Waals surface area (Å²) in [6.45, 7) is 0.